The van der Waals surface area contributed by atoms with E-state index in [-0.39, 0.29) is 5.69 Å². The molecule has 0 amide bonds. The Morgan fingerprint density at radius 2 is 2.25 bits per heavy atom. The average molecular weight is 290 g/mol. The summed E-state index contributed by atoms with van der Waals surface area (Å²) in [6.45, 7) is 4.24. The molecule has 3 heterocycles. The monoisotopic (exact) mass is 290 g/mol. The van der Waals surface area contributed by atoms with E-state index in [4.69, 9.17) is 0 Å². The maximum Gasteiger partial charge on any atom is 0.346 e. The van der Waals surface area contributed by atoms with Crippen LogP contribution >= 0.6 is 11.3 Å². The van der Waals surface area contributed by atoms with Crippen LogP contribution in [0.1, 0.15) is 24.2 Å². The molecule has 0 spiro atoms. The second kappa shape index (κ2) is 4.86. The lowest BCUT2D eigenvalue weighted by molar-refractivity contribution is 0.207. The van der Waals surface area contributed by atoms with Crippen molar-refractivity contribution in [1.29, 1.82) is 0 Å². The van der Waals surface area contributed by atoms with Crippen LogP contribution in [0.2, 0.25) is 0 Å². The normalized spacial score (nSPS) is 19.2. The summed E-state index contributed by atoms with van der Waals surface area (Å²) in [5.41, 5.74) is 1.44. The lowest BCUT2D eigenvalue weighted by Gasteiger charge is -2.25. The van der Waals surface area contributed by atoms with Gasteiger partial charge < -0.3 is 0 Å². The highest BCUT2D eigenvalue weighted by atomic mass is 32.1. The molecule has 1 aliphatic heterocycles. The van der Waals surface area contributed by atoms with Crippen LogP contribution < -0.4 is 5.69 Å². The maximum atomic E-state index is 12.2. The number of hydrogen-bond donors (Lipinski definition) is 0. The minimum atomic E-state index is 0.0853. The predicted molar refractivity (Wildman–Crippen MR) is 77.6 cm³/mol. The van der Waals surface area contributed by atoms with Crippen LogP contribution in [0.4, 0.5) is 0 Å². The Balaban J connectivity index is 1.52. The molecule has 1 saturated carbocycles. The van der Waals surface area contributed by atoms with E-state index in [2.05, 4.69) is 26.8 Å². The maximum absolute atomic E-state index is 12.2. The summed E-state index contributed by atoms with van der Waals surface area (Å²) in [7, 11) is 0. The summed E-state index contributed by atoms with van der Waals surface area (Å²) >= 11 is 1.73. The van der Waals surface area contributed by atoms with E-state index in [1.807, 2.05) is 4.57 Å². The molecule has 1 fully saturated rings. The first-order chi connectivity index (χ1) is 9.79. The minimum absolute atomic E-state index is 0.0853. The molecule has 20 heavy (non-hydrogen) atoms. The number of rotatable bonds is 4. The van der Waals surface area contributed by atoms with Crippen molar-refractivity contribution >= 4 is 11.3 Å². The van der Waals surface area contributed by atoms with Gasteiger partial charge in [0.25, 0.3) is 0 Å². The SMILES string of the molecule is O=c1n(CC2CC2)nc2n1CCN(Cc1ccsc1)C2. The van der Waals surface area contributed by atoms with E-state index in [1.54, 1.807) is 16.0 Å². The molecule has 0 saturated heterocycles. The summed E-state index contributed by atoms with van der Waals surface area (Å²) in [5.74, 6) is 1.61. The number of thiophene rings is 1. The Hall–Kier alpha value is -1.40. The van der Waals surface area contributed by atoms with Gasteiger partial charge in [0, 0.05) is 26.2 Å². The first kappa shape index (κ1) is 12.3. The molecule has 0 radical (unpaired) electrons. The zero-order valence-electron chi connectivity index (χ0n) is 11.4. The van der Waals surface area contributed by atoms with Crippen LogP contribution in [-0.4, -0.2) is 25.8 Å². The third-order valence-electron chi connectivity index (χ3n) is 4.12. The van der Waals surface area contributed by atoms with Gasteiger partial charge in [-0.15, -0.1) is 0 Å². The van der Waals surface area contributed by atoms with Crippen LogP contribution in [0.15, 0.2) is 21.6 Å². The first-order valence-electron chi connectivity index (χ1n) is 7.19. The second-order valence-electron chi connectivity index (χ2n) is 5.82. The fourth-order valence-electron chi connectivity index (χ4n) is 2.79. The topological polar surface area (TPSA) is 43.1 Å². The molecule has 2 aromatic heterocycles. The van der Waals surface area contributed by atoms with Gasteiger partial charge in [-0.3, -0.25) is 9.47 Å². The Labute approximate surface area is 121 Å². The minimum Gasteiger partial charge on any atom is -0.290 e. The quantitative estimate of drug-likeness (QED) is 0.858. The van der Waals surface area contributed by atoms with Crippen LogP contribution in [0.25, 0.3) is 0 Å². The smallest absolute Gasteiger partial charge is 0.290 e. The molecular weight excluding hydrogens is 272 g/mol. The van der Waals surface area contributed by atoms with Crippen LogP contribution in [0.3, 0.4) is 0 Å². The predicted octanol–water partition coefficient (Wildman–Crippen LogP) is 1.53. The molecule has 0 atom stereocenters. The lowest BCUT2D eigenvalue weighted by atomic mass is 10.3. The van der Waals surface area contributed by atoms with Gasteiger partial charge in [0.1, 0.15) is 5.82 Å². The molecular formula is C14H18N4OS. The molecule has 0 N–H and O–H groups in total. The van der Waals surface area contributed by atoms with Crippen molar-refractivity contribution in [1.82, 2.24) is 19.2 Å². The highest BCUT2D eigenvalue weighted by molar-refractivity contribution is 7.07. The second-order valence-corrected chi connectivity index (χ2v) is 6.60. The zero-order chi connectivity index (χ0) is 13.5. The number of hydrogen-bond acceptors (Lipinski definition) is 4. The zero-order valence-corrected chi connectivity index (χ0v) is 12.2. The third-order valence-corrected chi connectivity index (χ3v) is 4.85. The highest BCUT2D eigenvalue weighted by Gasteiger charge is 2.26. The molecule has 0 aromatic carbocycles. The number of aromatic nitrogens is 3. The van der Waals surface area contributed by atoms with E-state index >= 15 is 0 Å². The summed E-state index contributed by atoms with van der Waals surface area (Å²) in [4.78, 5) is 14.6. The summed E-state index contributed by atoms with van der Waals surface area (Å²) in [5, 5.41) is 8.84. The Bertz CT molecular complexity index is 653. The molecule has 6 heteroatoms. The molecule has 5 nitrogen and oxygen atoms in total. The fraction of sp³-hybridized carbons (Fsp3) is 0.571. The van der Waals surface area contributed by atoms with Crippen molar-refractivity contribution in [2.75, 3.05) is 6.54 Å². The van der Waals surface area contributed by atoms with E-state index < -0.39 is 0 Å². The van der Waals surface area contributed by atoms with Gasteiger partial charge in [-0.2, -0.15) is 16.4 Å². The first-order valence-corrected chi connectivity index (χ1v) is 8.14. The number of fused-ring (bicyclic) bond motifs is 1. The van der Waals surface area contributed by atoms with Gasteiger partial charge >= 0.3 is 5.69 Å². The van der Waals surface area contributed by atoms with Crippen LogP contribution in [0.5, 0.6) is 0 Å². The van der Waals surface area contributed by atoms with Crippen molar-refractivity contribution in [3.05, 3.63) is 38.7 Å². The highest BCUT2D eigenvalue weighted by Crippen LogP contribution is 2.29. The average Bonchev–Trinajstić information content (AvgIpc) is 3.01. The van der Waals surface area contributed by atoms with Crippen molar-refractivity contribution < 1.29 is 0 Å². The van der Waals surface area contributed by atoms with Crippen molar-refractivity contribution in [3.8, 4) is 0 Å². The molecule has 0 bridgehead atoms. The van der Waals surface area contributed by atoms with Crippen LogP contribution in [-0.2, 0) is 26.2 Å². The van der Waals surface area contributed by atoms with E-state index in [9.17, 15) is 4.79 Å². The number of nitrogens with zero attached hydrogens (tertiary/aromatic N) is 4. The largest absolute Gasteiger partial charge is 0.346 e. The van der Waals surface area contributed by atoms with E-state index in [0.717, 1.165) is 38.5 Å². The Morgan fingerprint density at radius 3 is 3.00 bits per heavy atom. The Kier molecular flexibility index (Phi) is 3.00. The summed E-state index contributed by atoms with van der Waals surface area (Å²) in [6.07, 6.45) is 2.50. The van der Waals surface area contributed by atoms with E-state index in [1.165, 1.54) is 18.4 Å². The van der Waals surface area contributed by atoms with Gasteiger partial charge in [0.2, 0.25) is 0 Å². The van der Waals surface area contributed by atoms with Crippen LogP contribution in [0, 0.1) is 5.92 Å². The molecule has 106 valence electrons. The van der Waals surface area contributed by atoms with Gasteiger partial charge in [-0.1, -0.05) is 0 Å². The summed E-state index contributed by atoms with van der Waals surface area (Å²) < 4.78 is 3.54. The molecule has 0 unspecified atom stereocenters. The third kappa shape index (κ3) is 2.33. The molecule has 4 rings (SSSR count). The molecule has 1 aliphatic carbocycles. The van der Waals surface area contributed by atoms with Gasteiger partial charge in [0.15, 0.2) is 0 Å². The van der Waals surface area contributed by atoms with Gasteiger partial charge in [-0.05, 0) is 41.1 Å². The van der Waals surface area contributed by atoms with Crippen molar-refractivity contribution in [3.63, 3.8) is 0 Å². The van der Waals surface area contributed by atoms with E-state index in [0.29, 0.717) is 5.92 Å². The van der Waals surface area contributed by atoms with Gasteiger partial charge in [-0.25, -0.2) is 9.48 Å². The molecule has 2 aromatic rings. The van der Waals surface area contributed by atoms with Crippen molar-refractivity contribution in [2.24, 2.45) is 5.92 Å². The lowest BCUT2D eigenvalue weighted by Crippen LogP contribution is -2.37. The van der Waals surface area contributed by atoms with Crippen molar-refractivity contribution in [2.45, 2.75) is 39.0 Å². The fourth-order valence-corrected chi connectivity index (χ4v) is 3.45. The molecule has 2 aliphatic rings. The summed E-state index contributed by atoms with van der Waals surface area (Å²) in [6, 6.07) is 2.16. The standard InChI is InChI=1S/C14H18N4OS/c19-14-17-5-4-16(7-12-3-6-20-10-12)9-13(17)15-18(14)8-11-1-2-11/h3,6,10-11H,1-2,4-5,7-9H2. The Morgan fingerprint density at radius 1 is 1.35 bits per heavy atom. The van der Waals surface area contributed by atoms with Gasteiger partial charge in [0.05, 0.1) is 6.54 Å².